The lowest BCUT2D eigenvalue weighted by atomic mass is 9.89. The predicted octanol–water partition coefficient (Wildman–Crippen LogP) is 5.59. The van der Waals surface area contributed by atoms with Crippen molar-refractivity contribution in [2.75, 3.05) is 0 Å². The molecule has 0 saturated carbocycles. The maximum Gasteiger partial charge on any atom is 0.168 e. The zero-order valence-corrected chi connectivity index (χ0v) is 15.8. The van der Waals surface area contributed by atoms with Crippen LogP contribution in [0.5, 0.6) is 0 Å². The molecule has 28 heavy (non-hydrogen) atoms. The maximum absolute atomic E-state index is 12.6. The molecule has 3 aromatic carbocycles. The number of rotatable bonds is 5. The summed E-state index contributed by atoms with van der Waals surface area (Å²) in [7, 11) is 0. The van der Waals surface area contributed by atoms with Gasteiger partial charge in [0.1, 0.15) is 5.76 Å². The summed E-state index contributed by atoms with van der Waals surface area (Å²) < 4.78 is 0. The first kappa shape index (κ1) is 18.2. The lowest BCUT2D eigenvalue weighted by molar-refractivity contribution is -0.115. The van der Waals surface area contributed by atoms with Gasteiger partial charge in [0.05, 0.1) is 17.8 Å². The third kappa shape index (κ3) is 3.89. The largest absolute Gasteiger partial charge is 0.511 e. The Kier molecular flexibility index (Phi) is 5.34. The average Bonchev–Trinajstić information content (AvgIpc) is 2.72. The van der Waals surface area contributed by atoms with Crippen molar-refractivity contribution in [3.63, 3.8) is 0 Å². The van der Waals surface area contributed by atoms with Crippen LogP contribution in [0.4, 0.5) is 0 Å². The highest BCUT2D eigenvalue weighted by Crippen LogP contribution is 2.26. The number of aliphatic hydroxyl groups excluding tert-OH is 1. The second-order valence-corrected chi connectivity index (χ2v) is 7.16. The van der Waals surface area contributed by atoms with Crippen molar-refractivity contribution in [2.24, 2.45) is 4.99 Å². The monoisotopic (exact) mass is 369 g/mol. The SMILES string of the molecule is O=C1CCCC(O)=C1C(Cc1cccc2ccccc12)=NCc1ccccc1. The maximum atomic E-state index is 12.6. The number of hydrogen-bond acceptors (Lipinski definition) is 3. The van der Waals surface area contributed by atoms with E-state index < -0.39 is 0 Å². The fourth-order valence-corrected chi connectivity index (χ4v) is 3.78. The van der Waals surface area contributed by atoms with Crippen LogP contribution in [0, 0.1) is 0 Å². The van der Waals surface area contributed by atoms with Gasteiger partial charge in [0.2, 0.25) is 0 Å². The second kappa shape index (κ2) is 8.22. The number of ketones is 1. The van der Waals surface area contributed by atoms with Gasteiger partial charge in [0.25, 0.3) is 0 Å². The minimum Gasteiger partial charge on any atom is -0.511 e. The first-order chi connectivity index (χ1) is 13.7. The van der Waals surface area contributed by atoms with Crippen LogP contribution in [0.1, 0.15) is 30.4 Å². The summed E-state index contributed by atoms with van der Waals surface area (Å²) in [5.41, 5.74) is 3.31. The van der Waals surface area contributed by atoms with E-state index in [0.717, 1.165) is 21.9 Å². The fourth-order valence-electron chi connectivity index (χ4n) is 3.78. The van der Waals surface area contributed by atoms with Crippen molar-refractivity contribution in [1.82, 2.24) is 0 Å². The average molecular weight is 369 g/mol. The molecule has 0 aliphatic heterocycles. The highest BCUT2D eigenvalue weighted by molar-refractivity contribution is 6.24. The van der Waals surface area contributed by atoms with Gasteiger partial charge in [-0.15, -0.1) is 0 Å². The Morgan fingerprint density at radius 2 is 1.64 bits per heavy atom. The predicted molar refractivity (Wildman–Crippen MR) is 114 cm³/mol. The Labute approximate surface area is 165 Å². The number of fused-ring (bicyclic) bond motifs is 1. The fraction of sp³-hybridized carbons (Fsp3) is 0.200. The van der Waals surface area contributed by atoms with Crippen LogP contribution in [-0.4, -0.2) is 16.6 Å². The van der Waals surface area contributed by atoms with E-state index in [1.165, 1.54) is 0 Å². The van der Waals surface area contributed by atoms with E-state index in [-0.39, 0.29) is 11.5 Å². The molecule has 3 aromatic rings. The standard InChI is InChI=1S/C25H23NO2/c27-23-14-7-15-24(28)25(23)22(26-17-18-8-2-1-3-9-18)16-20-12-6-11-19-10-4-5-13-21(19)20/h1-6,8-13,27H,7,14-17H2. The van der Waals surface area contributed by atoms with Crippen LogP contribution in [0.15, 0.2) is 89.1 Å². The normalized spacial score (nSPS) is 15.3. The summed E-state index contributed by atoms with van der Waals surface area (Å²) in [4.78, 5) is 17.4. The lowest BCUT2D eigenvalue weighted by Gasteiger charge is -2.18. The van der Waals surface area contributed by atoms with Crippen LogP contribution in [0.2, 0.25) is 0 Å². The summed E-state index contributed by atoms with van der Waals surface area (Å²) in [5.74, 6) is 0.180. The number of aliphatic hydroxyl groups is 1. The zero-order chi connectivity index (χ0) is 19.3. The number of carbonyl (C=O) groups is 1. The van der Waals surface area contributed by atoms with Crippen molar-refractivity contribution >= 4 is 22.3 Å². The van der Waals surface area contributed by atoms with E-state index in [1.807, 2.05) is 48.5 Å². The smallest absolute Gasteiger partial charge is 0.168 e. The molecule has 3 nitrogen and oxygen atoms in total. The molecule has 0 aromatic heterocycles. The van der Waals surface area contributed by atoms with Gasteiger partial charge in [-0.2, -0.15) is 0 Å². The van der Waals surface area contributed by atoms with Gasteiger partial charge in [-0.3, -0.25) is 9.79 Å². The lowest BCUT2D eigenvalue weighted by Crippen LogP contribution is -2.21. The van der Waals surface area contributed by atoms with Gasteiger partial charge in [0.15, 0.2) is 5.78 Å². The Hall–Kier alpha value is -3.20. The van der Waals surface area contributed by atoms with Crippen molar-refractivity contribution in [1.29, 1.82) is 0 Å². The molecular formula is C25H23NO2. The summed E-state index contributed by atoms with van der Waals surface area (Å²) in [6.07, 6.45) is 2.24. The zero-order valence-electron chi connectivity index (χ0n) is 15.8. The van der Waals surface area contributed by atoms with E-state index >= 15 is 0 Å². The highest BCUT2D eigenvalue weighted by atomic mass is 16.3. The Bertz CT molecular complexity index is 1060. The summed E-state index contributed by atoms with van der Waals surface area (Å²) in [5, 5.41) is 12.8. The van der Waals surface area contributed by atoms with Crippen LogP contribution in [-0.2, 0) is 17.8 Å². The van der Waals surface area contributed by atoms with Crippen molar-refractivity contribution in [3.8, 4) is 0 Å². The number of Topliss-reactive ketones (excluding diaryl/α,β-unsaturated/α-hetero) is 1. The third-order valence-corrected chi connectivity index (χ3v) is 5.21. The highest BCUT2D eigenvalue weighted by Gasteiger charge is 2.25. The number of hydrogen-bond donors (Lipinski definition) is 1. The van der Waals surface area contributed by atoms with Gasteiger partial charge in [-0.05, 0) is 28.3 Å². The van der Waals surface area contributed by atoms with E-state index in [1.54, 1.807) is 0 Å². The summed E-state index contributed by atoms with van der Waals surface area (Å²) in [6, 6.07) is 24.4. The van der Waals surface area contributed by atoms with Crippen LogP contribution in [0.3, 0.4) is 0 Å². The molecule has 3 heteroatoms. The first-order valence-electron chi connectivity index (χ1n) is 9.72. The number of aliphatic imine (C=N–C) groups is 1. The molecule has 1 N–H and O–H groups in total. The minimum atomic E-state index is -0.00389. The molecule has 0 unspecified atom stereocenters. The molecule has 1 aliphatic carbocycles. The molecule has 0 fully saturated rings. The molecule has 0 saturated heterocycles. The van der Waals surface area contributed by atoms with Crippen LogP contribution >= 0.6 is 0 Å². The third-order valence-electron chi connectivity index (χ3n) is 5.21. The number of carbonyl (C=O) groups excluding carboxylic acids is 1. The quantitative estimate of drug-likeness (QED) is 0.596. The van der Waals surface area contributed by atoms with Gasteiger partial charge in [-0.1, -0.05) is 72.8 Å². The van der Waals surface area contributed by atoms with E-state index in [0.29, 0.717) is 43.5 Å². The van der Waals surface area contributed by atoms with Crippen LogP contribution in [0.25, 0.3) is 10.8 Å². The molecule has 0 bridgehead atoms. The Balaban J connectivity index is 1.75. The molecule has 0 amide bonds. The van der Waals surface area contributed by atoms with Crippen molar-refractivity contribution in [3.05, 3.63) is 95.3 Å². The van der Waals surface area contributed by atoms with Gasteiger partial charge in [-0.25, -0.2) is 0 Å². The number of benzene rings is 3. The van der Waals surface area contributed by atoms with Gasteiger partial charge < -0.3 is 5.11 Å². The molecular weight excluding hydrogens is 346 g/mol. The molecule has 0 radical (unpaired) electrons. The summed E-state index contributed by atoms with van der Waals surface area (Å²) >= 11 is 0. The Morgan fingerprint density at radius 1 is 0.893 bits per heavy atom. The van der Waals surface area contributed by atoms with Crippen molar-refractivity contribution in [2.45, 2.75) is 32.2 Å². The molecule has 0 heterocycles. The van der Waals surface area contributed by atoms with E-state index in [2.05, 4.69) is 24.3 Å². The summed E-state index contributed by atoms with van der Waals surface area (Å²) in [6.45, 7) is 0.491. The molecule has 4 rings (SSSR count). The minimum absolute atomic E-state index is 0.00389. The van der Waals surface area contributed by atoms with E-state index in [9.17, 15) is 9.90 Å². The molecule has 0 atom stereocenters. The number of allylic oxidation sites excluding steroid dienone is 2. The molecule has 1 aliphatic rings. The van der Waals surface area contributed by atoms with Crippen LogP contribution < -0.4 is 0 Å². The second-order valence-electron chi connectivity index (χ2n) is 7.16. The van der Waals surface area contributed by atoms with E-state index in [4.69, 9.17) is 4.99 Å². The Morgan fingerprint density at radius 3 is 2.46 bits per heavy atom. The molecule has 0 spiro atoms. The molecule has 140 valence electrons. The van der Waals surface area contributed by atoms with Gasteiger partial charge >= 0.3 is 0 Å². The topological polar surface area (TPSA) is 49.7 Å². The first-order valence-corrected chi connectivity index (χ1v) is 9.72. The number of nitrogens with zero attached hydrogens (tertiary/aromatic N) is 1. The van der Waals surface area contributed by atoms with Gasteiger partial charge in [0, 0.05) is 19.3 Å². The van der Waals surface area contributed by atoms with Crippen molar-refractivity contribution < 1.29 is 9.90 Å².